The molecule has 0 fully saturated rings. The van der Waals surface area contributed by atoms with Gasteiger partial charge in [-0.1, -0.05) is 63.2 Å². The van der Waals surface area contributed by atoms with Crippen LogP contribution in [0.3, 0.4) is 0 Å². The lowest BCUT2D eigenvalue weighted by atomic mass is 9.86. The third-order valence-electron chi connectivity index (χ3n) is 7.59. The average Bonchev–Trinajstić information content (AvgIpc) is 3.34. The van der Waals surface area contributed by atoms with Crippen molar-refractivity contribution in [3.63, 3.8) is 0 Å². The van der Waals surface area contributed by atoms with Crippen LogP contribution in [0.15, 0.2) is 58.1 Å². The molecule has 1 aliphatic rings. The van der Waals surface area contributed by atoms with Crippen molar-refractivity contribution in [2.45, 2.75) is 39.0 Å². The smallest absolute Gasteiger partial charge is 0.339 e. The molecule has 0 atom stereocenters. The number of nitrogens with two attached hydrogens (primary N) is 1. The van der Waals surface area contributed by atoms with Crippen LogP contribution in [0, 0.1) is 0 Å². The van der Waals surface area contributed by atoms with E-state index < -0.39 is 35.2 Å². The number of nitrogen functional groups attached to an aromatic ring is 1. The van der Waals surface area contributed by atoms with E-state index in [1.165, 1.54) is 19.7 Å². The molecule has 0 saturated carbocycles. The van der Waals surface area contributed by atoms with Gasteiger partial charge in [0.05, 0.1) is 16.8 Å². The molecule has 5 rings (SSSR count). The first-order valence-electron chi connectivity index (χ1n) is 13.4. The molecule has 9 nitrogen and oxygen atoms in total. The lowest BCUT2D eigenvalue weighted by Crippen LogP contribution is -2.42. The Morgan fingerprint density at radius 1 is 0.976 bits per heavy atom. The maximum absolute atomic E-state index is 13.5. The van der Waals surface area contributed by atoms with Crippen LogP contribution in [0.4, 0.5) is 5.82 Å². The fraction of sp³-hybridized carbons (Fsp3) is 0.281. The van der Waals surface area contributed by atoms with Gasteiger partial charge in [-0.05, 0) is 52.7 Å². The van der Waals surface area contributed by atoms with Crippen molar-refractivity contribution < 1.29 is 14.3 Å². The molecule has 0 saturated heterocycles. The predicted octanol–water partition coefficient (Wildman–Crippen LogP) is 4.04. The fourth-order valence-corrected chi connectivity index (χ4v) is 5.19. The summed E-state index contributed by atoms with van der Waals surface area (Å²) in [6, 6.07) is 15.7. The highest BCUT2D eigenvalue weighted by Gasteiger charge is 2.29. The van der Waals surface area contributed by atoms with E-state index in [1.54, 1.807) is 6.07 Å². The quantitative estimate of drug-likeness (QED) is 0.293. The number of esters is 1. The van der Waals surface area contributed by atoms with Gasteiger partial charge in [-0.15, -0.1) is 0 Å². The van der Waals surface area contributed by atoms with Crippen molar-refractivity contribution >= 4 is 40.1 Å². The van der Waals surface area contributed by atoms with E-state index >= 15 is 0 Å². The van der Waals surface area contributed by atoms with E-state index in [4.69, 9.17) is 15.5 Å². The molecular weight excluding hydrogens is 520 g/mol. The minimum absolute atomic E-state index is 0.0541. The summed E-state index contributed by atoms with van der Waals surface area (Å²) < 4.78 is 7.26. The highest BCUT2D eigenvalue weighted by atomic mass is 16.5. The highest BCUT2D eigenvalue weighted by Crippen LogP contribution is 2.38. The van der Waals surface area contributed by atoms with E-state index in [9.17, 15) is 19.2 Å². The highest BCUT2D eigenvalue weighted by molar-refractivity contribution is 6.08. The zero-order valence-corrected chi connectivity index (χ0v) is 23.8. The number of carbonyl (C=O) groups is 2. The number of para-hydroxylation sites is 1. The van der Waals surface area contributed by atoms with E-state index in [2.05, 4.69) is 51.1 Å². The number of nitrogens with zero attached hydrogens (tertiary/aromatic N) is 3. The van der Waals surface area contributed by atoms with Gasteiger partial charge in [-0.25, -0.2) is 14.6 Å². The van der Waals surface area contributed by atoms with Gasteiger partial charge >= 0.3 is 11.7 Å². The lowest BCUT2D eigenvalue weighted by Gasteiger charge is -2.18. The van der Waals surface area contributed by atoms with Gasteiger partial charge in [-0.3, -0.25) is 18.7 Å². The Bertz CT molecular complexity index is 1870. The maximum atomic E-state index is 13.5. The number of anilines is 1. The van der Waals surface area contributed by atoms with Gasteiger partial charge < -0.3 is 10.5 Å². The monoisotopic (exact) mass is 552 g/mol. The van der Waals surface area contributed by atoms with Crippen LogP contribution in [0.25, 0.3) is 22.6 Å². The number of ether oxygens (including phenoxy) is 1. The number of rotatable bonds is 5. The first kappa shape index (κ1) is 27.8. The fourth-order valence-electron chi connectivity index (χ4n) is 5.19. The summed E-state index contributed by atoms with van der Waals surface area (Å²) in [5.41, 5.74) is 9.85. The van der Waals surface area contributed by atoms with Gasteiger partial charge in [-0.2, -0.15) is 0 Å². The summed E-state index contributed by atoms with van der Waals surface area (Å²) in [7, 11) is 2.61. The lowest BCUT2D eigenvalue weighted by molar-refractivity contribution is 0.0475. The molecule has 2 aromatic heterocycles. The van der Waals surface area contributed by atoms with E-state index in [1.807, 2.05) is 18.2 Å². The van der Waals surface area contributed by atoms with Crippen molar-refractivity contribution in [2.75, 3.05) is 12.3 Å². The van der Waals surface area contributed by atoms with Crippen LogP contribution in [-0.2, 0) is 30.7 Å². The van der Waals surface area contributed by atoms with Gasteiger partial charge in [0.15, 0.2) is 6.61 Å². The molecule has 9 heteroatoms. The summed E-state index contributed by atoms with van der Waals surface area (Å²) in [5.74, 6) is -1.76. The largest absolute Gasteiger partial charge is 0.454 e. The minimum Gasteiger partial charge on any atom is -0.454 e. The third kappa shape index (κ3) is 4.99. The van der Waals surface area contributed by atoms with Crippen molar-refractivity contribution in [3.05, 3.63) is 103 Å². The van der Waals surface area contributed by atoms with E-state index in [-0.39, 0.29) is 11.2 Å². The van der Waals surface area contributed by atoms with Crippen molar-refractivity contribution in [1.29, 1.82) is 0 Å². The number of pyridine rings is 1. The Hall–Kier alpha value is -4.79. The van der Waals surface area contributed by atoms with E-state index in [0.29, 0.717) is 29.3 Å². The van der Waals surface area contributed by atoms with Crippen molar-refractivity contribution in [2.24, 2.45) is 14.1 Å². The second-order valence-electron chi connectivity index (χ2n) is 11.3. The molecule has 0 aliphatic heterocycles. The first-order valence-corrected chi connectivity index (χ1v) is 13.4. The molecule has 4 aromatic rings. The molecule has 0 radical (unpaired) electrons. The van der Waals surface area contributed by atoms with Crippen LogP contribution in [0.5, 0.6) is 0 Å². The molecule has 0 unspecified atom stereocenters. The molecule has 41 heavy (non-hydrogen) atoms. The topological polar surface area (TPSA) is 126 Å². The predicted molar refractivity (Wildman–Crippen MR) is 159 cm³/mol. The van der Waals surface area contributed by atoms with Gasteiger partial charge in [0, 0.05) is 19.5 Å². The Labute approximate surface area is 236 Å². The van der Waals surface area contributed by atoms with Crippen LogP contribution in [0.1, 0.15) is 70.3 Å². The van der Waals surface area contributed by atoms with Crippen molar-refractivity contribution in [3.8, 4) is 0 Å². The number of fused-ring (bicyclic) bond motifs is 2. The third-order valence-corrected chi connectivity index (χ3v) is 7.59. The number of hydrogen-bond acceptors (Lipinski definition) is 7. The summed E-state index contributed by atoms with van der Waals surface area (Å²) in [6.45, 7) is 5.82. The first-order chi connectivity index (χ1) is 19.4. The molecular formula is C32H32N4O5. The molecule has 2 aromatic carbocycles. The minimum atomic E-state index is -0.841. The normalized spacial score (nSPS) is 13.9. The number of ketones is 1. The molecule has 2 N–H and O–H groups in total. The standard InChI is InChI=1S/C32H32N4O5/c1-32(2,3)20-13-10-18(11-14-20)16-19-12-15-22-25(21-8-6-7-9-23(21)34-27(19)22)30(39)41-17-24(37)26-28(33)35(4)31(40)36(5)29(26)38/h6-11,13-14,16H,12,15,17,33H2,1-5H3/b19-16+. The second-order valence-corrected chi connectivity index (χ2v) is 11.3. The van der Waals surface area contributed by atoms with Crippen molar-refractivity contribution in [1.82, 2.24) is 14.1 Å². The molecule has 1 aliphatic carbocycles. The van der Waals surface area contributed by atoms with Gasteiger partial charge in [0.2, 0.25) is 5.78 Å². The number of hydrogen-bond donors (Lipinski definition) is 1. The van der Waals surface area contributed by atoms with Gasteiger partial charge in [0.1, 0.15) is 11.4 Å². The number of carbonyl (C=O) groups excluding carboxylic acids is 2. The summed E-state index contributed by atoms with van der Waals surface area (Å²) in [4.78, 5) is 56.1. The van der Waals surface area contributed by atoms with Crippen LogP contribution < -0.4 is 17.0 Å². The maximum Gasteiger partial charge on any atom is 0.339 e. The van der Waals surface area contributed by atoms with E-state index in [0.717, 1.165) is 31.5 Å². The molecule has 0 bridgehead atoms. The second kappa shape index (κ2) is 10.3. The molecule has 0 spiro atoms. The number of allylic oxidation sites excluding steroid dienone is 1. The number of Topliss-reactive ketones (excluding diaryl/α,β-unsaturated/α-hetero) is 1. The Balaban J connectivity index is 1.49. The number of aromatic nitrogens is 3. The Morgan fingerprint density at radius 2 is 1.66 bits per heavy atom. The number of benzene rings is 2. The summed E-state index contributed by atoms with van der Waals surface area (Å²) in [6.07, 6.45) is 3.38. The SMILES string of the molecule is Cn1c(N)c(C(=O)COC(=O)c2c3c(nc4ccccc24)/C(=C/c2ccc(C(C)(C)C)cc2)CC3)c(=O)n(C)c1=O. The van der Waals surface area contributed by atoms with Crippen LogP contribution >= 0.6 is 0 Å². The zero-order valence-electron chi connectivity index (χ0n) is 23.8. The summed E-state index contributed by atoms with van der Waals surface area (Å²) in [5, 5.41) is 0.622. The van der Waals surface area contributed by atoms with Gasteiger partial charge in [0.25, 0.3) is 5.56 Å². The average molecular weight is 553 g/mol. The Morgan fingerprint density at radius 3 is 2.34 bits per heavy atom. The molecule has 210 valence electrons. The van der Waals surface area contributed by atoms with Crippen LogP contribution in [0.2, 0.25) is 0 Å². The zero-order chi connectivity index (χ0) is 29.6. The summed E-state index contributed by atoms with van der Waals surface area (Å²) >= 11 is 0. The Kier molecular flexibility index (Phi) is 6.98. The molecule has 0 amide bonds. The molecule has 2 heterocycles. The van der Waals surface area contributed by atoms with Crippen LogP contribution in [-0.4, -0.2) is 32.5 Å².